The Morgan fingerprint density at radius 1 is 1.00 bits per heavy atom. The van der Waals surface area contributed by atoms with Gasteiger partial charge in [-0.05, 0) is 31.2 Å². The van der Waals surface area contributed by atoms with Crippen molar-refractivity contribution in [3.63, 3.8) is 0 Å². The molecular formula is C18H16O6. The highest BCUT2D eigenvalue weighted by Crippen LogP contribution is 2.43. The third-order valence-electron chi connectivity index (χ3n) is 3.89. The van der Waals surface area contributed by atoms with Gasteiger partial charge in [0.05, 0.1) is 14.2 Å². The molecule has 0 amide bonds. The van der Waals surface area contributed by atoms with E-state index < -0.39 is 5.43 Å². The van der Waals surface area contributed by atoms with E-state index in [2.05, 4.69) is 0 Å². The number of methoxy groups -OCH3 is 2. The van der Waals surface area contributed by atoms with Crippen LogP contribution in [0.1, 0.15) is 5.56 Å². The van der Waals surface area contributed by atoms with Crippen molar-refractivity contribution in [2.75, 3.05) is 14.2 Å². The molecule has 0 bridgehead atoms. The van der Waals surface area contributed by atoms with Crippen molar-refractivity contribution in [3.8, 4) is 34.3 Å². The summed E-state index contributed by atoms with van der Waals surface area (Å²) in [5.74, 6) is 0.380. The summed E-state index contributed by atoms with van der Waals surface area (Å²) in [6, 6.07) is 8.24. The van der Waals surface area contributed by atoms with Crippen LogP contribution in [0.2, 0.25) is 0 Å². The second kappa shape index (κ2) is 5.81. The molecule has 0 atom stereocenters. The van der Waals surface area contributed by atoms with Gasteiger partial charge in [0.2, 0.25) is 5.75 Å². The smallest absolute Gasteiger partial charge is 0.205 e. The van der Waals surface area contributed by atoms with Gasteiger partial charge in [-0.15, -0.1) is 0 Å². The molecule has 2 aromatic carbocycles. The van der Waals surface area contributed by atoms with Crippen molar-refractivity contribution in [2.45, 2.75) is 6.92 Å². The largest absolute Gasteiger partial charge is 0.507 e. The van der Waals surface area contributed by atoms with Crippen LogP contribution in [0, 0.1) is 6.92 Å². The lowest BCUT2D eigenvalue weighted by Crippen LogP contribution is -2.03. The maximum Gasteiger partial charge on any atom is 0.205 e. The molecule has 0 saturated heterocycles. The van der Waals surface area contributed by atoms with Crippen molar-refractivity contribution < 1.29 is 24.1 Å². The molecule has 6 nitrogen and oxygen atoms in total. The van der Waals surface area contributed by atoms with E-state index in [1.54, 1.807) is 31.4 Å². The van der Waals surface area contributed by atoms with E-state index in [9.17, 15) is 15.0 Å². The van der Waals surface area contributed by atoms with Crippen molar-refractivity contribution in [2.24, 2.45) is 0 Å². The Morgan fingerprint density at radius 3 is 2.25 bits per heavy atom. The molecule has 1 aromatic heterocycles. The summed E-state index contributed by atoms with van der Waals surface area (Å²) < 4.78 is 16.0. The molecule has 24 heavy (non-hydrogen) atoms. The zero-order valence-electron chi connectivity index (χ0n) is 13.4. The van der Waals surface area contributed by atoms with Gasteiger partial charge in [0.25, 0.3) is 0 Å². The summed E-state index contributed by atoms with van der Waals surface area (Å²) in [6.45, 7) is 1.49. The van der Waals surface area contributed by atoms with Gasteiger partial charge < -0.3 is 24.1 Å². The van der Waals surface area contributed by atoms with Crippen molar-refractivity contribution >= 4 is 11.0 Å². The molecule has 0 fully saturated rings. The lowest BCUT2D eigenvalue weighted by Gasteiger charge is -2.12. The van der Waals surface area contributed by atoms with E-state index in [1.165, 1.54) is 20.1 Å². The Labute approximate surface area is 137 Å². The lowest BCUT2D eigenvalue weighted by atomic mass is 10.1. The zero-order valence-corrected chi connectivity index (χ0v) is 13.4. The fourth-order valence-electron chi connectivity index (χ4n) is 2.54. The SMILES string of the molecule is COc1ccc(-c2cc(=O)c3c(O)c(C)c(O)c(OC)c3o2)cc1. The van der Waals surface area contributed by atoms with Crippen LogP contribution >= 0.6 is 0 Å². The first-order chi connectivity index (χ1) is 11.5. The monoisotopic (exact) mass is 328 g/mol. The summed E-state index contributed by atoms with van der Waals surface area (Å²) in [6.07, 6.45) is 0. The summed E-state index contributed by atoms with van der Waals surface area (Å²) in [7, 11) is 2.91. The fourth-order valence-corrected chi connectivity index (χ4v) is 2.54. The molecule has 0 saturated carbocycles. The van der Waals surface area contributed by atoms with Crippen LogP contribution in [0.15, 0.2) is 39.5 Å². The van der Waals surface area contributed by atoms with Gasteiger partial charge in [-0.3, -0.25) is 4.79 Å². The van der Waals surface area contributed by atoms with Crippen LogP contribution in [0.5, 0.6) is 23.0 Å². The van der Waals surface area contributed by atoms with Crippen LogP contribution in [0.4, 0.5) is 0 Å². The van der Waals surface area contributed by atoms with Crippen molar-refractivity contribution in [3.05, 3.63) is 46.1 Å². The van der Waals surface area contributed by atoms with Crippen molar-refractivity contribution in [1.29, 1.82) is 0 Å². The maximum atomic E-state index is 12.5. The molecule has 1 heterocycles. The minimum atomic E-state index is -0.430. The third kappa shape index (κ3) is 2.32. The molecular weight excluding hydrogens is 312 g/mol. The van der Waals surface area contributed by atoms with Crippen molar-refractivity contribution in [1.82, 2.24) is 0 Å². The number of aromatic hydroxyl groups is 2. The van der Waals surface area contributed by atoms with E-state index in [4.69, 9.17) is 13.9 Å². The van der Waals surface area contributed by atoms with Crippen LogP contribution in [0.25, 0.3) is 22.3 Å². The van der Waals surface area contributed by atoms with Gasteiger partial charge in [0.15, 0.2) is 16.8 Å². The average Bonchev–Trinajstić information content (AvgIpc) is 2.60. The highest BCUT2D eigenvalue weighted by Gasteiger charge is 2.22. The Balaban J connectivity index is 2.33. The quantitative estimate of drug-likeness (QED) is 0.767. The Kier molecular flexibility index (Phi) is 3.81. The maximum absolute atomic E-state index is 12.5. The van der Waals surface area contributed by atoms with E-state index >= 15 is 0 Å². The summed E-state index contributed by atoms with van der Waals surface area (Å²) in [5.41, 5.74) is 0.373. The molecule has 0 aliphatic heterocycles. The first-order valence-corrected chi connectivity index (χ1v) is 7.18. The standard InChI is InChI=1S/C18H16O6/c1-9-15(20)14-12(19)8-13(10-4-6-11(22-2)7-5-10)24-17(14)18(23-3)16(9)21/h4-8,20-21H,1-3H3. The lowest BCUT2D eigenvalue weighted by molar-refractivity contribution is 0.365. The van der Waals surface area contributed by atoms with E-state index in [0.717, 1.165) is 0 Å². The third-order valence-corrected chi connectivity index (χ3v) is 3.89. The van der Waals surface area contributed by atoms with Crippen LogP contribution in [-0.2, 0) is 0 Å². The van der Waals surface area contributed by atoms with E-state index in [1.807, 2.05) is 0 Å². The van der Waals surface area contributed by atoms with E-state index in [0.29, 0.717) is 11.3 Å². The fraction of sp³-hybridized carbons (Fsp3) is 0.167. The molecule has 124 valence electrons. The topological polar surface area (TPSA) is 89.1 Å². The number of phenolic OH excluding ortho intramolecular Hbond substituents is 2. The molecule has 6 heteroatoms. The minimum Gasteiger partial charge on any atom is -0.507 e. The highest BCUT2D eigenvalue weighted by atomic mass is 16.5. The summed E-state index contributed by atoms with van der Waals surface area (Å²) >= 11 is 0. The summed E-state index contributed by atoms with van der Waals surface area (Å²) in [5, 5.41) is 20.3. The minimum absolute atomic E-state index is 0.00332. The van der Waals surface area contributed by atoms with Gasteiger partial charge in [-0.1, -0.05) is 0 Å². The predicted octanol–water partition coefficient (Wildman–Crippen LogP) is 3.20. The number of ether oxygens (including phenoxy) is 2. The number of hydrogen-bond acceptors (Lipinski definition) is 6. The first kappa shape index (κ1) is 15.7. The highest BCUT2D eigenvalue weighted by molar-refractivity contribution is 5.93. The Hall–Kier alpha value is -3.15. The molecule has 0 radical (unpaired) electrons. The zero-order chi connectivity index (χ0) is 17.4. The van der Waals surface area contributed by atoms with Gasteiger partial charge in [-0.2, -0.15) is 0 Å². The second-order valence-corrected chi connectivity index (χ2v) is 5.26. The van der Waals surface area contributed by atoms with Gasteiger partial charge in [-0.25, -0.2) is 0 Å². The number of benzene rings is 2. The number of hydrogen-bond donors (Lipinski definition) is 2. The van der Waals surface area contributed by atoms with Gasteiger partial charge >= 0.3 is 0 Å². The molecule has 3 rings (SSSR count). The first-order valence-electron chi connectivity index (χ1n) is 7.18. The number of rotatable bonds is 3. The second-order valence-electron chi connectivity index (χ2n) is 5.26. The predicted molar refractivity (Wildman–Crippen MR) is 89.1 cm³/mol. The van der Waals surface area contributed by atoms with E-state index in [-0.39, 0.29) is 39.5 Å². The molecule has 0 unspecified atom stereocenters. The molecule has 0 aliphatic rings. The number of phenols is 2. The average molecular weight is 328 g/mol. The summed E-state index contributed by atoms with van der Waals surface area (Å²) in [4.78, 5) is 12.5. The number of fused-ring (bicyclic) bond motifs is 1. The Bertz CT molecular complexity index is 970. The van der Waals surface area contributed by atoms with Gasteiger partial charge in [0, 0.05) is 17.2 Å². The molecule has 2 N–H and O–H groups in total. The molecule has 0 aliphatic carbocycles. The molecule has 3 aromatic rings. The normalized spacial score (nSPS) is 10.8. The van der Waals surface area contributed by atoms with Crippen LogP contribution < -0.4 is 14.9 Å². The van der Waals surface area contributed by atoms with Crippen LogP contribution in [0.3, 0.4) is 0 Å². The van der Waals surface area contributed by atoms with Crippen LogP contribution in [-0.4, -0.2) is 24.4 Å². The van der Waals surface area contributed by atoms with Gasteiger partial charge in [0.1, 0.15) is 22.6 Å². The molecule has 0 spiro atoms. The Morgan fingerprint density at radius 2 is 1.67 bits per heavy atom.